The van der Waals surface area contributed by atoms with Crippen LogP contribution in [0.4, 0.5) is 0 Å². The summed E-state index contributed by atoms with van der Waals surface area (Å²) >= 11 is 0. The lowest BCUT2D eigenvalue weighted by atomic mass is 9.93. The zero-order valence-electron chi connectivity index (χ0n) is 72.6. The highest BCUT2D eigenvalue weighted by Gasteiger charge is 2.60. The van der Waals surface area contributed by atoms with Crippen LogP contribution in [-0.2, 0) is 80.7 Å². The van der Waals surface area contributed by atoms with Crippen molar-refractivity contribution in [2.24, 2.45) is 0 Å². The summed E-state index contributed by atoms with van der Waals surface area (Å²) in [5, 5.41) is 233. The van der Waals surface area contributed by atoms with E-state index in [2.05, 4.69) is 29.8 Å². The van der Waals surface area contributed by atoms with E-state index in [1.54, 1.807) is 6.08 Å². The number of hydrogen-bond acceptors (Lipinski definition) is 37. The molecule has 0 spiro atoms. The third-order valence-corrected chi connectivity index (χ3v) is 24.3. The molecule has 0 aromatic carbocycles. The fraction of sp³-hybridized carbons (Fsp3) is 0.940. The number of allylic oxidation sites excluding steroid dienone is 1. The summed E-state index contributed by atoms with van der Waals surface area (Å²) in [6, 6.07) is -4.92. The summed E-state index contributed by atoms with van der Waals surface area (Å²) in [7, 11) is 0. The molecule has 37 atom stereocenters. The third-order valence-electron chi connectivity index (χ3n) is 24.3. The Kier molecular flexibility index (Phi) is 49.2. The molecule has 7 fully saturated rings. The lowest BCUT2D eigenvalue weighted by Crippen LogP contribution is -2.72. The van der Waals surface area contributed by atoms with Crippen LogP contribution in [0.25, 0.3) is 0 Å². The highest BCUT2D eigenvalue weighted by molar-refractivity contribution is 5.76. The normalized spacial score (nSPS) is 38.5. The molecular weight excluding hydrogens is 1640 g/mol. The highest BCUT2D eigenvalue weighted by Crippen LogP contribution is 2.40. The fourth-order valence-electron chi connectivity index (χ4n) is 16.9. The molecule has 724 valence electrons. The third kappa shape index (κ3) is 31.8. The molecule has 7 rings (SSSR count). The fourth-order valence-corrected chi connectivity index (χ4v) is 16.9. The Bertz CT molecular complexity index is 2950. The van der Waals surface area contributed by atoms with Crippen molar-refractivity contribution in [3.63, 3.8) is 0 Å². The molecule has 7 aliphatic rings. The molecule has 23 N–H and O–H groups in total. The van der Waals surface area contributed by atoms with Crippen molar-refractivity contribution in [1.82, 2.24) is 16.0 Å². The van der Waals surface area contributed by atoms with Crippen LogP contribution in [0.15, 0.2) is 12.2 Å². The first-order valence-electron chi connectivity index (χ1n) is 45.3. The van der Waals surface area contributed by atoms with E-state index in [0.717, 1.165) is 65.2 Å². The van der Waals surface area contributed by atoms with E-state index in [1.165, 1.54) is 129 Å². The van der Waals surface area contributed by atoms with Crippen LogP contribution in [0.3, 0.4) is 0 Å². The summed E-state index contributed by atoms with van der Waals surface area (Å²) in [4.78, 5) is 40.2. The van der Waals surface area contributed by atoms with Gasteiger partial charge in [-0.15, -0.1) is 0 Å². The van der Waals surface area contributed by atoms with Gasteiger partial charge in [0.25, 0.3) is 0 Å². The van der Waals surface area contributed by atoms with Crippen molar-refractivity contribution in [2.75, 3.05) is 46.2 Å². The summed E-state index contributed by atoms with van der Waals surface area (Å²) < 4.78 is 84.3. The summed E-state index contributed by atoms with van der Waals surface area (Å²) in [6.45, 7) is 0.906. The second-order valence-electron chi connectivity index (χ2n) is 34.2. The topological polar surface area (TPSA) is 621 Å². The maximum Gasteiger partial charge on any atom is 0.220 e. The van der Waals surface area contributed by atoms with Gasteiger partial charge in [0, 0.05) is 20.3 Å². The molecule has 7 saturated heterocycles. The average Bonchev–Trinajstić information content (AvgIpc) is 0.773. The number of unbranched alkanes of at least 4 members (excludes halogenated alkanes) is 27. The molecule has 0 bridgehead atoms. The molecule has 0 aromatic rings. The van der Waals surface area contributed by atoms with Gasteiger partial charge in [0.1, 0.15) is 165 Å². The van der Waals surface area contributed by atoms with Crippen LogP contribution in [0.5, 0.6) is 0 Å². The molecule has 3 amide bonds. The van der Waals surface area contributed by atoms with Gasteiger partial charge < -0.3 is 184 Å². The second-order valence-corrected chi connectivity index (χ2v) is 34.2. The van der Waals surface area contributed by atoms with Crippen LogP contribution >= 0.6 is 0 Å². The van der Waals surface area contributed by atoms with Crippen LogP contribution in [-0.4, -0.2) is 393 Å². The number of rotatable bonds is 56. The van der Waals surface area contributed by atoms with Crippen molar-refractivity contribution in [2.45, 2.75) is 454 Å². The van der Waals surface area contributed by atoms with Crippen LogP contribution in [0.2, 0.25) is 0 Å². The summed E-state index contributed by atoms with van der Waals surface area (Å²) in [5.74, 6) is -2.21. The van der Waals surface area contributed by atoms with Crippen molar-refractivity contribution in [3.05, 3.63) is 12.2 Å². The number of aliphatic hydroxyl groups excluding tert-OH is 20. The molecule has 0 aromatic heterocycles. The minimum atomic E-state index is -2.39. The van der Waals surface area contributed by atoms with Crippen molar-refractivity contribution < 1.29 is 183 Å². The second kappa shape index (κ2) is 56.6. The molecule has 7 heterocycles. The first-order valence-corrected chi connectivity index (χ1v) is 45.3. The summed E-state index contributed by atoms with van der Waals surface area (Å²) in [6.07, 6.45) is -29.5. The Hall–Kier alpha value is -3.21. The number of aliphatic hydroxyl groups is 20. The number of ether oxygens (including phenoxy) is 14. The van der Waals surface area contributed by atoms with E-state index >= 15 is 0 Å². The quantitative estimate of drug-likeness (QED) is 0.0216. The van der Waals surface area contributed by atoms with Gasteiger partial charge in [0.05, 0.1) is 64.5 Å². The maximum atomic E-state index is 13.6. The Balaban J connectivity index is 1.03. The number of carbonyl (C=O) groups is 3. The lowest BCUT2D eigenvalue weighted by molar-refractivity contribution is -0.392. The Morgan fingerprint density at radius 1 is 0.331 bits per heavy atom. The van der Waals surface area contributed by atoms with Gasteiger partial charge >= 0.3 is 0 Å². The van der Waals surface area contributed by atoms with Crippen LogP contribution < -0.4 is 16.0 Å². The van der Waals surface area contributed by atoms with E-state index in [-0.39, 0.29) is 12.3 Å². The lowest BCUT2D eigenvalue weighted by Gasteiger charge is -2.52. The largest absolute Gasteiger partial charge is 0.394 e. The highest BCUT2D eigenvalue weighted by atomic mass is 16.8. The predicted molar refractivity (Wildman–Crippen MR) is 434 cm³/mol. The van der Waals surface area contributed by atoms with Gasteiger partial charge in [-0.25, -0.2) is 0 Å². The van der Waals surface area contributed by atoms with E-state index in [1.807, 2.05) is 6.08 Å². The van der Waals surface area contributed by atoms with Gasteiger partial charge in [-0.1, -0.05) is 193 Å². The Labute approximate surface area is 726 Å². The van der Waals surface area contributed by atoms with Gasteiger partial charge in [-0.2, -0.15) is 0 Å². The average molecular weight is 1800 g/mol. The monoisotopic (exact) mass is 1790 g/mol. The molecule has 0 aliphatic carbocycles. The molecule has 0 saturated carbocycles. The van der Waals surface area contributed by atoms with E-state index < -0.39 is 285 Å². The molecule has 40 nitrogen and oxygen atoms in total. The van der Waals surface area contributed by atoms with Crippen molar-refractivity contribution >= 4 is 17.7 Å². The minimum absolute atomic E-state index is 0.158. The number of hydrogen-bond donors (Lipinski definition) is 23. The van der Waals surface area contributed by atoms with Gasteiger partial charge in [0.15, 0.2) is 44.0 Å². The zero-order valence-corrected chi connectivity index (χ0v) is 72.6. The smallest absolute Gasteiger partial charge is 0.220 e. The van der Waals surface area contributed by atoms with E-state index in [4.69, 9.17) is 66.3 Å². The zero-order chi connectivity index (χ0) is 90.7. The van der Waals surface area contributed by atoms with E-state index in [0.29, 0.717) is 12.8 Å². The van der Waals surface area contributed by atoms with Crippen LogP contribution in [0, 0.1) is 0 Å². The number of amides is 3. The maximum absolute atomic E-state index is 13.6. The molecule has 7 aliphatic heterocycles. The van der Waals surface area contributed by atoms with E-state index in [9.17, 15) is 117 Å². The summed E-state index contributed by atoms with van der Waals surface area (Å²) in [5.41, 5.74) is 0. The molecule has 0 radical (unpaired) electrons. The number of nitrogens with one attached hydrogen (secondary N) is 3. The SMILES string of the molecule is CCCCCCCCCCCCC/C=C/[C@@H](O)[C@H](CO[C@@H]1OC(CO)[C@@H](O[C@@H]2OC(CO)[C@H](O)[C@H](O[C@@H]3OC(CO)[C@@H](O)[C@H](O[C@@H]4OC(CO)[C@H](O)[C@H](O[C@@H]5OC(CO)[C@@H](O[C@H]6OC(C)[C@@H](O)C(O)[C@@H]6O)[C@H](O[C@@H]6OC(CO)[C@H](O)[C@H](O)C6O)C5NC(C)=O)C4O)C3NC(C)=O)C2O)[C@H](O)C1O)NC(=O)CCCCCCCCCCCCCCCCCCC. The molecule has 40 heteroatoms. The number of carbonyl (C=O) groups excluding carboxylic acids is 3. The Morgan fingerprint density at radius 2 is 0.653 bits per heavy atom. The van der Waals surface area contributed by atoms with Gasteiger partial charge in [-0.3, -0.25) is 14.4 Å². The van der Waals surface area contributed by atoms with Crippen molar-refractivity contribution in [3.8, 4) is 0 Å². The van der Waals surface area contributed by atoms with Crippen LogP contribution in [0.1, 0.15) is 227 Å². The minimum Gasteiger partial charge on any atom is -0.394 e. The van der Waals surface area contributed by atoms with Gasteiger partial charge in [-0.05, 0) is 26.2 Å². The molecule has 14 unspecified atom stereocenters. The predicted octanol–water partition coefficient (Wildman–Crippen LogP) is -2.79. The first-order chi connectivity index (χ1) is 59.5. The standard InChI is InChI=1S/C84H151N3O37/c1-6-8-10-12-14-16-18-20-21-22-23-25-27-29-31-33-35-37-56(97)87-48(49(96)36-34-32-30-28-26-24-19-17-15-13-11-9-7-2)44-111-80-69(108)66(105)72(54(42-92)118-80)119-83-70(109)76(62(101)52(40-90)115-83)123-78-57(85-46(4)94)74(61(100)51(39-89)113-78)121-84-71(110)77(63(102)53(41-91)116-84)124-79-58(86-47(5)95)75(122-82-68(107)65(104)60(99)50(38-88)114-82)73(55(43-93)117-79)120-81-67(106)64(103)59(98)45(3)112-81/h34,36,45,48-55,57-84,88-93,96,98-110H,6-33,35,37-44H2,1-5H3,(H,85,94)(H,86,95)(H,87,97)/b36-34+/t45?,48-,49+,50?,51?,52?,53?,54?,55?,57?,58?,59+,60-,61+,62-,63-,64?,65-,66+,67-,68?,69?,70?,71?,72+,73+,74+,75+,76-,77-,78-,79-,80+,81+,82-,83-,84-/m0/s1. The molecular formula is C84H151N3O37. The molecule has 124 heavy (non-hydrogen) atoms. The van der Waals surface area contributed by atoms with Crippen molar-refractivity contribution in [1.29, 1.82) is 0 Å². The first kappa shape index (κ1) is 108. The van der Waals surface area contributed by atoms with Gasteiger partial charge in [0.2, 0.25) is 17.7 Å². The Morgan fingerprint density at radius 3 is 1.10 bits per heavy atom.